The van der Waals surface area contributed by atoms with Crippen LogP contribution in [0.3, 0.4) is 0 Å². The van der Waals surface area contributed by atoms with Gasteiger partial charge in [0.2, 0.25) is 5.91 Å². The first-order valence-electron chi connectivity index (χ1n) is 6.46. The zero-order valence-electron chi connectivity index (χ0n) is 12.2. The molecule has 0 bridgehead atoms. The highest BCUT2D eigenvalue weighted by Gasteiger charge is 2.38. The highest BCUT2D eigenvalue weighted by molar-refractivity contribution is 5.94. The number of nitrogens with one attached hydrogen (secondary N) is 1. The molecule has 2 N–H and O–H groups in total. The lowest BCUT2D eigenvalue weighted by Crippen LogP contribution is -2.37. The van der Waals surface area contributed by atoms with Crippen LogP contribution in [0.15, 0.2) is 18.2 Å². The summed E-state index contributed by atoms with van der Waals surface area (Å²) in [5.74, 6) is -2.09. The number of hydrogen-bond donors (Lipinski definition) is 2. The fourth-order valence-electron chi connectivity index (χ4n) is 1.78. The zero-order chi connectivity index (χ0) is 15.5. The minimum atomic E-state index is -1.15. The molecule has 1 amide bonds. The molecule has 0 saturated carbocycles. The molecule has 1 aromatic rings. The molecule has 0 fully saturated rings. The number of hydrogen-bond acceptors (Lipinski definition) is 2. The first-order chi connectivity index (χ1) is 9.16. The summed E-state index contributed by atoms with van der Waals surface area (Å²) in [5, 5.41) is 11.9. The predicted molar refractivity (Wildman–Crippen MR) is 75.0 cm³/mol. The molecule has 0 radical (unpaired) electrons. The van der Waals surface area contributed by atoms with Crippen LogP contribution >= 0.6 is 0 Å². The number of rotatable bonds is 5. The van der Waals surface area contributed by atoms with E-state index in [0.29, 0.717) is 5.69 Å². The molecule has 0 saturated heterocycles. The third-order valence-electron chi connectivity index (χ3n) is 3.76. The van der Waals surface area contributed by atoms with E-state index in [9.17, 15) is 19.1 Å². The van der Waals surface area contributed by atoms with Gasteiger partial charge in [-0.25, -0.2) is 4.39 Å². The smallest absolute Gasteiger partial charge is 0.310 e. The monoisotopic (exact) mass is 281 g/mol. The molecule has 0 spiro atoms. The van der Waals surface area contributed by atoms with Crippen molar-refractivity contribution in [2.24, 2.45) is 11.3 Å². The lowest BCUT2D eigenvalue weighted by Gasteiger charge is -2.28. The van der Waals surface area contributed by atoms with Crippen LogP contribution in [0.1, 0.15) is 32.8 Å². The maximum Gasteiger partial charge on any atom is 0.310 e. The van der Waals surface area contributed by atoms with Gasteiger partial charge in [0.25, 0.3) is 0 Å². The van der Waals surface area contributed by atoms with E-state index in [-0.39, 0.29) is 12.3 Å². The van der Waals surface area contributed by atoms with Crippen LogP contribution in [0.25, 0.3) is 0 Å². The van der Waals surface area contributed by atoms with Crippen molar-refractivity contribution in [2.45, 2.75) is 34.1 Å². The van der Waals surface area contributed by atoms with Crippen molar-refractivity contribution in [1.82, 2.24) is 0 Å². The van der Waals surface area contributed by atoms with E-state index in [4.69, 9.17) is 0 Å². The second-order valence-corrected chi connectivity index (χ2v) is 5.56. The van der Waals surface area contributed by atoms with Crippen molar-refractivity contribution in [2.75, 3.05) is 5.32 Å². The number of anilines is 1. The van der Waals surface area contributed by atoms with Crippen LogP contribution in [0.4, 0.5) is 10.1 Å². The van der Waals surface area contributed by atoms with Gasteiger partial charge in [0, 0.05) is 12.1 Å². The van der Waals surface area contributed by atoms with Gasteiger partial charge in [-0.1, -0.05) is 19.9 Å². The number of benzene rings is 1. The van der Waals surface area contributed by atoms with Gasteiger partial charge in [0.15, 0.2) is 0 Å². The van der Waals surface area contributed by atoms with Crippen molar-refractivity contribution in [3.63, 3.8) is 0 Å². The van der Waals surface area contributed by atoms with Crippen molar-refractivity contribution in [3.05, 3.63) is 29.6 Å². The highest BCUT2D eigenvalue weighted by Crippen LogP contribution is 2.32. The van der Waals surface area contributed by atoms with Crippen LogP contribution in [0.5, 0.6) is 0 Å². The van der Waals surface area contributed by atoms with Gasteiger partial charge in [-0.3, -0.25) is 9.59 Å². The fourth-order valence-corrected chi connectivity index (χ4v) is 1.78. The van der Waals surface area contributed by atoms with Crippen LogP contribution in [-0.4, -0.2) is 17.0 Å². The summed E-state index contributed by atoms with van der Waals surface area (Å²) in [5.41, 5.74) is -0.0569. The maximum absolute atomic E-state index is 13.1. The molecular weight excluding hydrogens is 261 g/mol. The molecule has 1 rings (SSSR count). The van der Waals surface area contributed by atoms with Gasteiger partial charge in [-0.15, -0.1) is 0 Å². The zero-order valence-corrected chi connectivity index (χ0v) is 12.2. The molecule has 0 aliphatic rings. The van der Waals surface area contributed by atoms with Gasteiger partial charge in [-0.2, -0.15) is 0 Å². The van der Waals surface area contributed by atoms with Gasteiger partial charge in [-0.05, 0) is 37.5 Å². The van der Waals surface area contributed by atoms with Crippen LogP contribution in [0.2, 0.25) is 0 Å². The Balaban J connectivity index is 2.87. The highest BCUT2D eigenvalue weighted by atomic mass is 19.1. The second-order valence-electron chi connectivity index (χ2n) is 5.56. The molecule has 5 heteroatoms. The van der Waals surface area contributed by atoms with Crippen LogP contribution in [-0.2, 0) is 9.59 Å². The Morgan fingerprint density at radius 3 is 2.50 bits per heavy atom. The van der Waals surface area contributed by atoms with E-state index >= 15 is 0 Å². The molecular formula is C15H20FNO3. The molecule has 20 heavy (non-hydrogen) atoms. The summed E-state index contributed by atoms with van der Waals surface area (Å²) in [7, 11) is 0. The van der Waals surface area contributed by atoms with E-state index in [2.05, 4.69) is 5.32 Å². The summed E-state index contributed by atoms with van der Waals surface area (Å²) in [6.07, 6.45) is -0.157. The predicted octanol–water partition coefficient (Wildman–Crippen LogP) is 3.21. The Morgan fingerprint density at radius 1 is 1.40 bits per heavy atom. The van der Waals surface area contributed by atoms with Crippen LogP contribution in [0, 0.1) is 24.1 Å². The summed E-state index contributed by atoms with van der Waals surface area (Å²) < 4.78 is 13.1. The third kappa shape index (κ3) is 3.56. The largest absolute Gasteiger partial charge is 0.481 e. The lowest BCUT2D eigenvalue weighted by molar-refractivity contribution is -0.153. The number of aliphatic carboxylic acids is 1. The third-order valence-corrected chi connectivity index (χ3v) is 3.76. The number of aryl methyl sites for hydroxylation is 1. The molecule has 4 nitrogen and oxygen atoms in total. The maximum atomic E-state index is 13.1. The molecule has 0 aliphatic carbocycles. The molecule has 1 atom stereocenters. The van der Waals surface area contributed by atoms with Crippen molar-refractivity contribution >= 4 is 17.6 Å². The number of carboxylic acid groups (broad SMARTS) is 1. The number of amides is 1. The topological polar surface area (TPSA) is 66.4 Å². The van der Waals surface area contributed by atoms with E-state index < -0.39 is 23.1 Å². The van der Waals surface area contributed by atoms with E-state index in [1.807, 2.05) is 0 Å². The van der Waals surface area contributed by atoms with E-state index in [1.54, 1.807) is 26.8 Å². The molecule has 1 aromatic carbocycles. The summed E-state index contributed by atoms with van der Waals surface area (Å²) in [6, 6.07) is 4.09. The number of carbonyl (C=O) groups excluding carboxylic acids is 1. The molecule has 0 aliphatic heterocycles. The van der Waals surface area contributed by atoms with Gasteiger partial charge < -0.3 is 10.4 Å². The average Bonchev–Trinajstić information content (AvgIpc) is 2.33. The normalized spacial score (nSPS) is 13.9. The lowest BCUT2D eigenvalue weighted by atomic mass is 9.76. The second kappa shape index (κ2) is 6.03. The quantitative estimate of drug-likeness (QED) is 0.871. The molecule has 1 unspecified atom stereocenters. The van der Waals surface area contributed by atoms with Gasteiger partial charge in [0.05, 0.1) is 5.41 Å². The van der Waals surface area contributed by atoms with Crippen molar-refractivity contribution in [1.29, 1.82) is 0 Å². The van der Waals surface area contributed by atoms with Crippen LogP contribution < -0.4 is 5.32 Å². The van der Waals surface area contributed by atoms with Gasteiger partial charge in [0.1, 0.15) is 5.82 Å². The Labute approximate surface area is 118 Å². The fraction of sp³-hybridized carbons (Fsp3) is 0.467. The minimum Gasteiger partial charge on any atom is -0.481 e. The Hall–Kier alpha value is -1.91. The average molecular weight is 281 g/mol. The van der Waals surface area contributed by atoms with Gasteiger partial charge >= 0.3 is 5.97 Å². The Bertz CT molecular complexity index is 528. The van der Waals surface area contributed by atoms with Crippen molar-refractivity contribution < 1.29 is 19.1 Å². The number of carbonyl (C=O) groups is 2. The summed E-state index contributed by atoms with van der Waals surface area (Å²) >= 11 is 0. The van der Waals surface area contributed by atoms with E-state index in [1.165, 1.54) is 19.1 Å². The first-order valence-corrected chi connectivity index (χ1v) is 6.46. The van der Waals surface area contributed by atoms with E-state index in [0.717, 1.165) is 5.56 Å². The summed E-state index contributed by atoms with van der Waals surface area (Å²) in [6.45, 7) is 6.80. The Kier molecular flexibility index (Phi) is 4.87. The minimum absolute atomic E-state index is 0.157. The first kappa shape index (κ1) is 16.1. The molecule has 0 heterocycles. The standard InChI is InChI=1S/C15H20FNO3/c1-9(2)15(4,14(19)20)8-13(18)17-12-7-11(16)6-5-10(12)3/h5-7,9H,8H2,1-4H3,(H,17,18)(H,19,20). The molecule has 110 valence electrons. The molecule has 0 aromatic heterocycles. The van der Waals surface area contributed by atoms with Crippen molar-refractivity contribution in [3.8, 4) is 0 Å². The number of carboxylic acids is 1. The SMILES string of the molecule is Cc1ccc(F)cc1NC(=O)CC(C)(C(=O)O)C(C)C. The number of halogens is 1. The Morgan fingerprint density at radius 2 is 2.00 bits per heavy atom. The summed E-state index contributed by atoms with van der Waals surface area (Å²) in [4.78, 5) is 23.3.